The van der Waals surface area contributed by atoms with E-state index >= 15 is 0 Å². The van der Waals surface area contributed by atoms with E-state index < -0.39 is 0 Å². The van der Waals surface area contributed by atoms with Crippen molar-refractivity contribution in [3.05, 3.63) is 23.8 Å². The number of rotatable bonds is 7. The lowest BCUT2D eigenvalue weighted by atomic mass is 9.75. The van der Waals surface area contributed by atoms with Crippen LogP contribution in [0.3, 0.4) is 0 Å². The summed E-state index contributed by atoms with van der Waals surface area (Å²) in [5.41, 5.74) is 1.62. The van der Waals surface area contributed by atoms with Crippen molar-refractivity contribution in [3.8, 4) is 11.5 Å². The van der Waals surface area contributed by atoms with Gasteiger partial charge in [-0.05, 0) is 61.9 Å². The van der Waals surface area contributed by atoms with Crippen molar-refractivity contribution in [1.29, 1.82) is 0 Å². The highest BCUT2D eigenvalue weighted by Crippen LogP contribution is 2.38. The zero-order chi connectivity index (χ0) is 15.1. The van der Waals surface area contributed by atoms with E-state index in [1.807, 2.05) is 0 Å². The maximum absolute atomic E-state index is 5.92. The third-order valence-electron chi connectivity index (χ3n) is 4.27. The number of piperidine rings is 1. The standard InChI is InChI=1S/C18H29NO2/c1-4-12-20-16-7-6-15(14-17(16)21-13-5-2)18(3)8-10-19-11-9-18/h6-7,14,19H,4-5,8-13H2,1-3H3. The summed E-state index contributed by atoms with van der Waals surface area (Å²) in [6, 6.07) is 6.50. The van der Waals surface area contributed by atoms with E-state index in [0.29, 0.717) is 0 Å². The minimum atomic E-state index is 0.249. The summed E-state index contributed by atoms with van der Waals surface area (Å²) >= 11 is 0. The number of benzene rings is 1. The van der Waals surface area contributed by atoms with Gasteiger partial charge in [-0.25, -0.2) is 0 Å². The lowest BCUT2D eigenvalue weighted by Crippen LogP contribution is -2.37. The van der Waals surface area contributed by atoms with Crippen molar-refractivity contribution >= 4 is 0 Å². The van der Waals surface area contributed by atoms with Crippen LogP contribution in [0.1, 0.15) is 52.0 Å². The Labute approximate surface area is 129 Å². The summed E-state index contributed by atoms with van der Waals surface area (Å²) in [6.07, 6.45) is 4.38. The predicted octanol–water partition coefficient (Wildman–Crippen LogP) is 3.91. The van der Waals surface area contributed by atoms with Gasteiger partial charge in [0.2, 0.25) is 0 Å². The molecule has 1 aromatic carbocycles. The summed E-state index contributed by atoms with van der Waals surface area (Å²) in [7, 11) is 0. The van der Waals surface area contributed by atoms with Gasteiger partial charge in [-0.3, -0.25) is 0 Å². The first-order chi connectivity index (χ1) is 10.2. The van der Waals surface area contributed by atoms with Crippen LogP contribution in [0.2, 0.25) is 0 Å². The van der Waals surface area contributed by atoms with Crippen molar-refractivity contribution in [3.63, 3.8) is 0 Å². The molecule has 2 rings (SSSR count). The average Bonchev–Trinajstić information content (AvgIpc) is 2.52. The van der Waals surface area contributed by atoms with Crippen molar-refractivity contribution in [2.24, 2.45) is 0 Å². The lowest BCUT2D eigenvalue weighted by molar-refractivity contribution is 0.266. The molecule has 3 heteroatoms. The minimum Gasteiger partial charge on any atom is -0.490 e. The van der Waals surface area contributed by atoms with Crippen LogP contribution in [0.4, 0.5) is 0 Å². The van der Waals surface area contributed by atoms with Crippen LogP contribution in [0.15, 0.2) is 18.2 Å². The lowest BCUT2D eigenvalue weighted by Gasteiger charge is -2.35. The van der Waals surface area contributed by atoms with Gasteiger partial charge in [0.05, 0.1) is 13.2 Å². The largest absolute Gasteiger partial charge is 0.490 e. The summed E-state index contributed by atoms with van der Waals surface area (Å²) < 4.78 is 11.7. The average molecular weight is 291 g/mol. The molecule has 0 unspecified atom stereocenters. The van der Waals surface area contributed by atoms with Crippen molar-refractivity contribution in [2.75, 3.05) is 26.3 Å². The number of hydrogen-bond acceptors (Lipinski definition) is 3. The van der Waals surface area contributed by atoms with E-state index in [4.69, 9.17) is 9.47 Å². The molecule has 1 heterocycles. The number of nitrogens with one attached hydrogen (secondary N) is 1. The van der Waals surface area contributed by atoms with Crippen LogP contribution < -0.4 is 14.8 Å². The molecule has 0 radical (unpaired) electrons. The first-order valence-corrected chi connectivity index (χ1v) is 8.30. The molecule has 1 aliphatic rings. The zero-order valence-corrected chi connectivity index (χ0v) is 13.7. The fourth-order valence-corrected chi connectivity index (χ4v) is 2.81. The molecule has 1 aliphatic heterocycles. The molecular weight excluding hydrogens is 262 g/mol. The second kappa shape index (κ2) is 7.69. The van der Waals surface area contributed by atoms with E-state index in [-0.39, 0.29) is 5.41 Å². The molecule has 0 bridgehead atoms. The molecular formula is C18H29NO2. The third-order valence-corrected chi connectivity index (χ3v) is 4.27. The maximum atomic E-state index is 5.92. The van der Waals surface area contributed by atoms with Crippen LogP contribution in [0, 0.1) is 0 Å². The molecule has 1 fully saturated rings. The van der Waals surface area contributed by atoms with Gasteiger partial charge in [0.15, 0.2) is 11.5 Å². The van der Waals surface area contributed by atoms with Gasteiger partial charge in [-0.1, -0.05) is 26.8 Å². The van der Waals surface area contributed by atoms with E-state index in [1.165, 1.54) is 18.4 Å². The fraction of sp³-hybridized carbons (Fsp3) is 0.667. The van der Waals surface area contributed by atoms with E-state index in [0.717, 1.165) is 50.6 Å². The van der Waals surface area contributed by atoms with Crippen molar-refractivity contribution in [1.82, 2.24) is 5.32 Å². The first kappa shape index (κ1) is 16.2. The molecule has 0 spiro atoms. The quantitative estimate of drug-likeness (QED) is 0.826. The molecule has 21 heavy (non-hydrogen) atoms. The predicted molar refractivity (Wildman–Crippen MR) is 87.5 cm³/mol. The summed E-state index contributed by atoms with van der Waals surface area (Å²) in [5.74, 6) is 1.79. The fourth-order valence-electron chi connectivity index (χ4n) is 2.81. The van der Waals surface area contributed by atoms with Crippen LogP contribution in [0.5, 0.6) is 11.5 Å². The molecule has 1 N–H and O–H groups in total. The maximum Gasteiger partial charge on any atom is 0.161 e. The van der Waals surface area contributed by atoms with Gasteiger partial charge in [0, 0.05) is 0 Å². The van der Waals surface area contributed by atoms with E-state index in [2.05, 4.69) is 44.3 Å². The topological polar surface area (TPSA) is 30.5 Å². The Morgan fingerprint density at radius 2 is 1.62 bits per heavy atom. The van der Waals surface area contributed by atoms with Gasteiger partial charge >= 0.3 is 0 Å². The molecule has 118 valence electrons. The van der Waals surface area contributed by atoms with Crippen molar-refractivity contribution in [2.45, 2.75) is 51.9 Å². The van der Waals surface area contributed by atoms with E-state index in [9.17, 15) is 0 Å². The Morgan fingerprint density at radius 3 is 2.24 bits per heavy atom. The Bertz CT molecular complexity index is 439. The molecule has 1 aromatic rings. The summed E-state index contributed by atoms with van der Waals surface area (Å²) in [5, 5.41) is 3.44. The highest BCUT2D eigenvalue weighted by atomic mass is 16.5. The normalized spacial score (nSPS) is 17.5. The third kappa shape index (κ3) is 4.13. The molecule has 0 aromatic heterocycles. The number of ether oxygens (including phenoxy) is 2. The van der Waals surface area contributed by atoms with Crippen molar-refractivity contribution < 1.29 is 9.47 Å². The van der Waals surface area contributed by atoms with E-state index in [1.54, 1.807) is 0 Å². The Morgan fingerprint density at radius 1 is 1.00 bits per heavy atom. The second-order valence-corrected chi connectivity index (χ2v) is 6.17. The van der Waals surface area contributed by atoms with Crippen LogP contribution in [-0.2, 0) is 5.41 Å². The number of hydrogen-bond donors (Lipinski definition) is 1. The second-order valence-electron chi connectivity index (χ2n) is 6.17. The smallest absolute Gasteiger partial charge is 0.161 e. The Hall–Kier alpha value is -1.22. The zero-order valence-electron chi connectivity index (χ0n) is 13.7. The van der Waals surface area contributed by atoms with Crippen LogP contribution in [0.25, 0.3) is 0 Å². The van der Waals surface area contributed by atoms with Gasteiger partial charge in [0.25, 0.3) is 0 Å². The molecule has 3 nitrogen and oxygen atoms in total. The van der Waals surface area contributed by atoms with Gasteiger partial charge in [0.1, 0.15) is 0 Å². The Balaban J connectivity index is 2.22. The monoisotopic (exact) mass is 291 g/mol. The summed E-state index contributed by atoms with van der Waals surface area (Å²) in [4.78, 5) is 0. The van der Waals surface area contributed by atoms with Crippen LogP contribution >= 0.6 is 0 Å². The minimum absolute atomic E-state index is 0.249. The van der Waals surface area contributed by atoms with Gasteiger partial charge in [-0.2, -0.15) is 0 Å². The SMILES string of the molecule is CCCOc1ccc(C2(C)CCNCC2)cc1OCCC. The van der Waals surface area contributed by atoms with Gasteiger partial charge < -0.3 is 14.8 Å². The Kier molecular flexibility index (Phi) is 5.92. The molecule has 0 amide bonds. The van der Waals surface area contributed by atoms with Crippen LogP contribution in [-0.4, -0.2) is 26.3 Å². The molecule has 1 saturated heterocycles. The molecule has 0 atom stereocenters. The highest BCUT2D eigenvalue weighted by molar-refractivity contribution is 5.45. The van der Waals surface area contributed by atoms with Gasteiger partial charge in [-0.15, -0.1) is 0 Å². The highest BCUT2D eigenvalue weighted by Gasteiger charge is 2.29. The molecule has 0 aliphatic carbocycles. The summed E-state index contributed by atoms with van der Waals surface area (Å²) in [6.45, 7) is 10.3. The molecule has 0 saturated carbocycles. The first-order valence-electron chi connectivity index (χ1n) is 8.30.